The van der Waals surface area contributed by atoms with Crippen LogP contribution in [0.2, 0.25) is 0 Å². The van der Waals surface area contributed by atoms with E-state index >= 15 is 0 Å². The van der Waals surface area contributed by atoms with Gasteiger partial charge in [0.25, 0.3) is 5.91 Å². The van der Waals surface area contributed by atoms with E-state index in [1.54, 1.807) is 19.1 Å². The third kappa shape index (κ3) is 4.06. The first-order valence-electron chi connectivity index (χ1n) is 7.90. The van der Waals surface area contributed by atoms with Crippen molar-refractivity contribution in [2.75, 3.05) is 18.1 Å². The first kappa shape index (κ1) is 20.4. The number of amides is 1. The number of carbonyl (C=O) groups is 1. The van der Waals surface area contributed by atoms with Gasteiger partial charge in [-0.1, -0.05) is 12.1 Å². The van der Waals surface area contributed by atoms with Gasteiger partial charge < -0.3 is 10.6 Å². The van der Waals surface area contributed by atoms with Crippen molar-refractivity contribution in [3.05, 3.63) is 58.4 Å². The van der Waals surface area contributed by atoms with E-state index in [4.69, 9.17) is 0 Å². The maximum Gasteiger partial charge on any atom is 0.256 e. The lowest BCUT2D eigenvalue weighted by Gasteiger charge is -2.19. The number of halogens is 2. The van der Waals surface area contributed by atoms with Crippen molar-refractivity contribution >= 4 is 33.8 Å². The van der Waals surface area contributed by atoms with E-state index in [9.17, 15) is 17.6 Å². The molecule has 2 aromatic rings. The number of benzene rings is 2. The molecule has 0 spiro atoms. The van der Waals surface area contributed by atoms with Gasteiger partial charge in [0.05, 0.1) is 10.6 Å². The summed E-state index contributed by atoms with van der Waals surface area (Å²) in [6.07, 6.45) is 1.64. The molecule has 8 heteroatoms. The van der Waals surface area contributed by atoms with Gasteiger partial charge in [-0.15, -0.1) is 12.4 Å². The van der Waals surface area contributed by atoms with E-state index in [2.05, 4.69) is 10.6 Å². The molecular weight excluding hydrogens is 379 g/mol. The minimum atomic E-state index is -3.43. The van der Waals surface area contributed by atoms with Crippen LogP contribution in [0.4, 0.5) is 10.1 Å². The molecule has 0 fully saturated rings. The average Bonchev–Trinajstić information content (AvgIpc) is 2.57. The van der Waals surface area contributed by atoms with E-state index in [0.29, 0.717) is 30.6 Å². The zero-order valence-electron chi connectivity index (χ0n) is 14.4. The molecule has 0 unspecified atom stereocenters. The number of fused-ring (bicyclic) bond motifs is 1. The van der Waals surface area contributed by atoms with Crippen LogP contribution < -0.4 is 10.6 Å². The van der Waals surface area contributed by atoms with E-state index in [0.717, 1.165) is 11.8 Å². The highest BCUT2D eigenvalue weighted by Gasteiger charge is 2.19. The summed E-state index contributed by atoms with van der Waals surface area (Å²) in [5.41, 5.74) is 2.43. The van der Waals surface area contributed by atoms with Gasteiger partial charge >= 0.3 is 0 Å². The standard InChI is InChI=1S/C18H19FN2O3S.ClH/c1-11-3-5-13(25(2,23)24)9-15(11)18(22)21-16-6-4-12-10-20-8-7-14(12)17(16)19;/h3-6,9,20H,7-8,10H2,1-2H3,(H,21,22);1H. The van der Waals surface area contributed by atoms with Crippen LogP contribution in [-0.4, -0.2) is 27.1 Å². The van der Waals surface area contributed by atoms with Gasteiger partial charge in [0.2, 0.25) is 0 Å². The lowest BCUT2D eigenvalue weighted by molar-refractivity contribution is 0.102. The molecule has 0 aromatic heterocycles. The van der Waals surface area contributed by atoms with Crippen molar-refractivity contribution < 1.29 is 17.6 Å². The van der Waals surface area contributed by atoms with Crippen LogP contribution in [0, 0.1) is 12.7 Å². The van der Waals surface area contributed by atoms with Gasteiger partial charge in [-0.25, -0.2) is 12.8 Å². The Labute approximate surface area is 158 Å². The third-order valence-corrected chi connectivity index (χ3v) is 5.45. The number of aryl methyl sites for hydroxylation is 1. The Morgan fingerprint density at radius 3 is 2.65 bits per heavy atom. The molecule has 1 aliphatic heterocycles. The van der Waals surface area contributed by atoms with Crippen LogP contribution in [0.1, 0.15) is 27.0 Å². The molecule has 140 valence electrons. The number of carbonyl (C=O) groups excluding carboxylic acids is 1. The molecule has 3 rings (SSSR count). The van der Waals surface area contributed by atoms with Crippen molar-refractivity contribution in [3.8, 4) is 0 Å². The fourth-order valence-corrected chi connectivity index (χ4v) is 3.54. The maximum atomic E-state index is 14.7. The number of anilines is 1. The molecule has 0 radical (unpaired) electrons. The largest absolute Gasteiger partial charge is 0.319 e. The first-order valence-corrected chi connectivity index (χ1v) is 9.79. The van der Waals surface area contributed by atoms with Gasteiger partial charge in [-0.2, -0.15) is 0 Å². The fraction of sp³-hybridized carbons (Fsp3) is 0.278. The normalized spacial score (nSPS) is 13.5. The molecule has 26 heavy (non-hydrogen) atoms. The van der Waals surface area contributed by atoms with E-state index < -0.39 is 21.6 Å². The highest BCUT2D eigenvalue weighted by molar-refractivity contribution is 7.90. The Morgan fingerprint density at radius 1 is 1.23 bits per heavy atom. The molecule has 2 aromatic carbocycles. The Bertz CT molecular complexity index is 961. The quantitative estimate of drug-likeness (QED) is 0.833. The first-order chi connectivity index (χ1) is 11.8. The third-order valence-electron chi connectivity index (χ3n) is 4.34. The molecule has 0 aliphatic carbocycles. The van der Waals surface area contributed by atoms with Crippen molar-refractivity contribution in [2.24, 2.45) is 0 Å². The number of sulfone groups is 1. The van der Waals surface area contributed by atoms with Gasteiger partial charge in [0.1, 0.15) is 5.82 Å². The number of rotatable bonds is 3. The summed E-state index contributed by atoms with van der Waals surface area (Å²) < 4.78 is 38.0. The number of hydrogen-bond acceptors (Lipinski definition) is 4. The second-order valence-electron chi connectivity index (χ2n) is 6.19. The Hall–Kier alpha value is -1.96. The highest BCUT2D eigenvalue weighted by Crippen LogP contribution is 2.25. The van der Waals surface area contributed by atoms with Crippen LogP contribution in [0.15, 0.2) is 35.2 Å². The van der Waals surface area contributed by atoms with Crippen molar-refractivity contribution in [1.82, 2.24) is 5.32 Å². The SMILES string of the molecule is Cc1ccc(S(C)(=O)=O)cc1C(=O)Nc1ccc2c(c1F)CCNC2.Cl. The van der Waals surface area contributed by atoms with Crippen LogP contribution in [0.3, 0.4) is 0 Å². The maximum absolute atomic E-state index is 14.7. The monoisotopic (exact) mass is 398 g/mol. The molecule has 5 nitrogen and oxygen atoms in total. The summed E-state index contributed by atoms with van der Waals surface area (Å²) in [5, 5.41) is 5.74. The van der Waals surface area contributed by atoms with E-state index in [1.165, 1.54) is 18.2 Å². The Morgan fingerprint density at radius 2 is 1.96 bits per heavy atom. The van der Waals surface area contributed by atoms with Gasteiger partial charge in [-0.3, -0.25) is 4.79 Å². The highest BCUT2D eigenvalue weighted by atomic mass is 35.5. The molecule has 1 heterocycles. The molecule has 0 saturated heterocycles. The smallest absolute Gasteiger partial charge is 0.256 e. The minimum absolute atomic E-state index is 0. The zero-order valence-corrected chi connectivity index (χ0v) is 16.1. The second kappa shape index (κ2) is 7.73. The van der Waals surface area contributed by atoms with Crippen molar-refractivity contribution in [2.45, 2.75) is 24.8 Å². The molecule has 0 bridgehead atoms. The van der Waals surface area contributed by atoms with Gasteiger partial charge in [0, 0.05) is 18.4 Å². The summed E-state index contributed by atoms with van der Waals surface area (Å²) in [6, 6.07) is 7.67. The predicted molar refractivity (Wildman–Crippen MR) is 101 cm³/mol. The van der Waals surface area contributed by atoms with E-state index in [1.807, 2.05) is 0 Å². The molecule has 1 amide bonds. The number of nitrogens with one attached hydrogen (secondary N) is 2. The van der Waals surface area contributed by atoms with Crippen LogP contribution in [0.5, 0.6) is 0 Å². The second-order valence-corrected chi connectivity index (χ2v) is 8.21. The lowest BCUT2D eigenvalue weighted by Crippen LogP contribution is -2.25. The zero-order chi connectivity index (χ0) is 18.2. The summed E-state index contributed by atoms with van der Waals surface area (Å²) in [4.78, 5) is 12.6. The van der Waals surface area contributed by atoms with Crippen LogP contribution in [0.25, 0.3) is 0 Å². The summed E-state index contributed by atoms with van der Waals surface area (Å²) >= 11 is 0. The summed E-state index contributed by atoms with van der Waals surface area (Å²) in [5.74, 6) is -0.958. The number of hydrogen-bond donors (Lipinski definition) is 2. The molecule has 0 atom stereocenters. The van der Waals surface area contributed by atoms with Gasteiger partial charge in [0.15, 0.2) is 9.84 Å². The average molecular weight is 399 g/mol. The Kier molecular flexibility index (Phi) is 6.05. The van der Waals surface area contributed by atoms with Crippen molar-refractivity contribution in [3.63, 3.8) is 0 Å². The molecular formula is C18H20ClFN2O3S. The topological polar surface area (TPSA) is 75.3 Å². The van der Waals surface area contributed by atoms with Gasteiger partial charge in [-0.05, 0) is 54.8 Å². The minimum Gasteiger partial charge on any atom is -0.319 e. The molecule has 1 aliphatic rings. The van der Waals surface area contributed by atoms with E-state index in [-0.39, 0.29) is 28.6 Å². The molecule has 0 saturated carbocycles. The summed E-state index contributed by atoms with van der Waals surface area (Å²) in [6.45, 7) is 3.00. The Balaban J connectivity index is 0.00000243. The van der Waals surface area contributed by atoms with Crippen LogP contribution >= 0.6 is 12.4 Å². The summed E-state index contributed by atoms with van der Waals surface area (Å²) in [7, 11) is -3.43. The fourth-order valence-electron chi connectivity index (χ4n) is 2.90. The predicted octanol–water partition coefficient (Wildman–Crippen LogP) is 2.86. The molecule has 2 N–H and O–H groups in total. The lowest BCUT2D eigenvalue weighted by atomic mass is 9.99. The van der Waals surface area contributed by atoms with Crippen molar-refractivity contribution in [1.29, 1.82) is 0 Å². The van der Waals surface area contributed by atoms with Crippen LogP contribution in [-0.2, 0) is 22.8 Å².